The summed E-state index contributed by atoms with van der Waals surface area (Å²) in [5.74, 6) is 0.847. The van der Waals surface area contributed by atoms with E-state index in [-0.39, 0.29) is 0 Å². The number of nitrogens with zero attached hydrogens (tertiary/aromatic N) is 1. The van der Waals surface area contributed by atoms with Gasteiger partial charge in [0.2, 0.25) is 0 Å². The molecular formula is C11H10NOS-. The zero-order valence-corrected chi connectivity index (χ0v) is 8.89. The van der Waals surface area contributed by atoms with Crippen molar-refractivity contribution in [3.8, 4) is 5.75 Å². The maximum atomic E-state index is 5.15. The van der Waals surface area contributed by atoms with Crippen molar-refractivity contribution in [3.05, 3.63) is 29.8 Å². The van der Waals surface area contributed by atoms with Gasteiger partial charge in [-0.15, -0.1) is 0 Å². The Labute approximate surface area is 88.3 Å². The normalized spacial score (nSPS) is 10.4. The molecule has 1 heterocycles. The Morgan fingerprint density at radius 3 is 2.79 bits per heavy atom. The van der Waals surface area contributed by atoms with Crippen molar-refractivity contribution in [1.29, 1.82) is 0 Å². The Balaban J connectivity index is 2.75. The largest absolute Gasteiger partial charge is 0.760 e. The Hall–Kier alpha value is -1.35. The fourth-order valence-corrected chi connectivity index (χ4v) is 1.74. The molecule has 2 aromatic rings. The first-order valence-corrected chi connectivity index (χ1v) is 4.74. The van der Waals surface area contributed by atoms with Gasteiger partial charge in [-0.3, -0.25) is 4.98 Å². The summed E-state index contributed by atoms with van der Waals surface area (Å²) in [6.07, 6.45) is 0. The molecule has 1 aromatic heterocycles. The van der Waals surface area contributed by atoms with Gasteiger partial charge in [0.15, 0.2) is 0 Å². The van der Waals surface area contributed by atoms with Crippen LogP contribution in [-0.2, 0) is 12.6 Å². The minimum atomic E-state index is 0.639. The molecule has 0 unspecified atom stereocenters. The van der Waals surface area contributed by atoms with Gasteiger partial charge in [-0.1, -0.05) is 11.1 Å². The Bertz CT molecular complexity index is 482. The van der Waals surface area contributed by atoms with E-state index < -0.39 is 0 Å². The molecule has 72 valence electrons. The lowest BCUT2D eigenvalue weighted by Crippen LogP contribution is -1.88. The van der Waals surface area contributed by atoms with E-state index in [1.54, 1.807) is 7.11 Å². The molecule has 0 bridgehead atoms. The summed E-state index contributed by atoms with van der Waals surface area (Å²) in [6, 6.07) is 7.70. The van der Waals surface area contributed by atoms with Gasteiger partial charge in [-0.05, 0) is 30.7 Å². The predicted octanol–water partition coefficient (Wildman–Crippen LogP) is 2.46. The molecule has 0 spiro atoms. The van der Waals surface area contributed by atoms with E-state index in [2.05, 4.69) is 4.98 Å². The minimum absolute atomic E-state index is 0.639. The van der Waals surface area contributed by atoms with Gasteiger partial charge in [-0.2, -0.15) is 0 Å². The second-order valence-electron chi connectivity index (χ2n) is 3.16. The molecule has 1 aromatic carbocycles. The van der Waals surface area contributed by atoms with Gasteiger partial charge < -0.3 is 17.4 Å². The number of hydrogen-bond donors (Lipinski definition) is 0. The molecule has 0 aliphatic rings. The smallest absolute Gasteiger partial charge is 0.119 e. The van der Waals surface area contributed by atoms with Crippen molar-refractivity contribution in [3.63, 3.8) is 0 Å². The van der Waals surface area contributed by atoms with E-state index in [9.17, 15) is 0 Å². The summed E-state index contributed by atoms with van der Waals surface area (Å²) in [7, 11) is 1.66. The van der Waals surface area contributed by atoms with Crippen LogP contribution in [0.2, 0.25) is 0 Å². The number of aromatic nitrogens is 1. The zero-order chi connectivity index (χ0) is 10.1. The average Bonchev–Trinajstić information content (AvgIpc) is 2.17. The second-order valence-corrected chi connectivity index (χ2v) is 3.58. The highest BCUT2D eigenvalue weighted by molar-refractivity contribution is 7.58. The second kappa shape index (κ2) is 3.42. The van der Waals surface area contributed by atoms with Gasteiger partial charge in [0.1, 0.15) is 5.75 Å². The van der Waals surface area contributed by atoms with E-state index in [1.165, 1.54) is 0 Å². The summed E-state index contributed by atoms with van der Waals surface area (Å²) in [5, 5.41) is 1.73. The fourth-order valence-electron chi connectivity index (χ4n) is 1.47. The maximum Gasteiger partial charge on any atom is 0.119 e. The number of rotatable bonds is 1. The first-order valence-electron chi connectivity index (χ1n) is 4.33. The fraction of sp³-hybridized carbons (Fsp3) is 0.182. The molecule has 2 nitrogen and oxygen atoms in total. The molecule has 14 heavy (non-hydrogen) atoms. The Kier molecular flexibility index (Phi) is 2.25. The molecule has 0 saturated heterocycles. The van der Waals surface area contributed by atoms with Crippen molar-refractivity contribution in [2.45, 2.75) is 11.9 Å². The van der Waals surface area contributed by atoms with Crippen LogP contribution in [0.4, 0.5) is 0 Å². The SMILES string of the molecule is COc1ccc2nc([S-])cc(C)c2c1. The van der Waals surface area contributed by atoms with Crippen LogP contribution in [0.15, 0.2) is 29.3 Å². The van der Waals surface area contributed by atoms with Crippen LogP contribution in [0.25, 0.3) is 10.9 Å². The quantitative estimate of drug-likeness (QED) is 0.666. The number of ether oxygens (including phenoxy) is 1. The van der Waals surface area contributed by atoms with Gasteiger partial charge in [0.25, 0.3) is 0 Å². The zero-order valence-electron chi connectivity index (χ0n) is 8.07. The molecule has 0 saturated carbocycles. The molecular weight excluding hydrogens is 194 g/mol. The molecule has 0 aliphatic carbocycles. The van der Waals surface area contributed by atoms with E-state index >= 15 is 0 Å². The number of methoxy groups -OCH3 is 1. The van der Waals surface area contributed by atoms with Crippen LogP contribution in [0.5, 0.6) is 5.75 Å². The summed E-state index contributed by atoms with van der Waals surface area (Å²) in [4.78, 5) is 4.27. The molecule has 0 amide bonds. The highest BCUT2D eigenvalue weighted by Crippen LogP contribution is 2.22. The van der Waals surface area contributed by atoms with E-state index in [0.29, 0.717) is 5.03 Å². The van der Waals surface area contributed by atoms with Gasteiger partial charge in [0, 0.05) is 5.39 Å². The molecule has 2 rings (SSSR count). The molecule has 0 radical (unpaired) electrons. The van der Waals surface area contributed by atoms with Crippen LogP contribution in [0, 0.1) is 6.92 Å². The van der Waals surface area contributed by atoms with Crippen LogP contribution >= 0.6 is 0 Å². The van der Waals surface area contributed by atoms with Crippen LogP contribution in [0.1, 0.15) is 5.56 Å². The third-order valence-corrected chi connectivity index (χ3v) is 2.41. The number of fused-ring (bicyclic) bond motifs is 1. The van der Waals surface area contributed by atoms with Crippen LogP contribution < -0.4 is 4.74 Å². The summed E-state index contributed by atoms with van der Waals surface area (Å²) in [5.41, 5.74) is 2.06. The van der Waals surface area contributed by atoms with Crippen molar-refractivity contribution in [1.82, 2.24) is 4.98 Å². The lowest BCUT2D eigenvalue weighted by Gasteiger charge is -2.10. The summed E-state index contributed by atoms with van der Waals surface area (Å²) < 4.78 is 5.15. The molecule has 3 heteroatoms. The Morgan fingerprint density at radius 2 is 2.07 bits per heavy atom. The van der Waals surface area contributed by atoms with Crippen LogP contribution in [0.3, 0.4) is 0 Å². The average molecular weight is 204 g/mol. The highest BCUT2D eigenvalue weighted by atomic mass is 32.1. The van der Waals surface area contributed by atoms with E-state index in [4.69, 9.17) is 17.4 Å². The first-order chi connectivity index (χ1) is 6.70. The highest BCUT2D eigenvalue weighted by Gasteiger charge is 1.99. The number of pyridine rings is 1. The van der Waals surface area contributed by atoms with Crippen LogP contribution in [-0.4, -0.2) is 12.1 Å². The number of benzene rings is 1. The first kappa shape index (κ1) is 9.21. The monoisotopic (exact) mass is 204 g/mol. The third-order valence-electron chi connectivity index (χ3n) is 2.20. The van der Waals surface area contributed by atoms with Crippen molar-refractivity contribution >= 4 is 23.5 Å². The minimum Gasteiger partial charge on any atom is -0.760 e. The number of aryl methyl sites for hydroxylation is 1. The topological polar surface area (TPSA) is 22.1 Å². The van der Waals surface area contributed by atoms with Crippen molar-refractivity contribution < 1.29 is 4.74 Å². The lowest BCUT2D eigenvalue weighted by atomic mass is 10.1. The third kappa shape index (κ3) is 1.51. The van der Waals surface area contributed by atoms with Gasteiger partial charge in [0.05, 0.1) is 12.6 Å². The standard InChI is InChI=1S/C11H11NOS/c1-7-5-11(14)12-10-4-3-8(13-2)6-9(7)10/h3-6H,1-2H3,(H,12,14)/p-1. The maximum absolute atomic E-state index is 5.15. The van der Waals surface area contributed by atoms with E-state index in [1.807, 2.05) is 31.2 Å². The lowest BCUT2D eigenvalue weighted by molar-refractivity contribution is 0.415. The van der Waals surface area contributed by atoms with E-state index in [0.717, 1.165) is 22.2 Å². The molecule has 0 atom stereocenters. The van der Waals surface area contributed by atoms with Gasteiger partial charge in [-0.25, -0.2) is 0 Å². The molecule has 0 fully saturated rings. The Morgan fingerprint density at radius 1 is 1.29 bits per heavy atom. The summed E-state index contributed by atoms with van der Waals surface area (Å²) >= 11 is 5.05. The molecule has 0 aliphatic heterocycles. The molecule has 0 N–H and O–H groups in total. The predicted molar refractivity (Wildman–Crippen MR) is 58.7 cm³/mol. The van der Waals surface area contributed by atoms with Crippen molar-refractivity contribution in [2.24, 2.45) is 0 Å². The van der Waals surface area contributed by atoms with Crippen molar-refractivity contribution in [2.75, 3.05) is 7.11 Å². The number of hydrogen-bond acceptors (Lipinski definition) is 3. The van der Waals surface area contributed by atoms with Gasteiger partial charge >= 0.3 is 0 Å². The summed E-state index contributed by atoms with van der Waals surface area (Å²) in [6.45, 7) is 2.03.